The Hall–Kier alpha value is -1.36. The number of anilines is 1. The molecule has 0 atom stereocenters. The molecule has 0 spiro atoms. The van der Waals surface area contributed by atoms with Crippen LogP contribution in [-0.4, -0.2) is 11.0 Å². The van der Waals surface area contributed by atoms with Crippen molar-refractivity contribution in [3.8, 4) is 0 Å². The molecule has 4 nitrogen and oxygen atoms in total. The normalized spacial score (nSPS) is 17.1. The van der Waals surface area contributed by atoms with Crippen LogP contribution in [0.4, 0.5) is 9.93 Å². The Morgan fingerprint density at radius 1 is 1.53 bits per heavy atom. The van der Waals surface area contributed by atoms with Crippen LogP contribution >= 0.6 is 11.3 Å². The van der Waals surface area contributed by atoms with Gasteiger partial charge in [0.05, 0.1) is 0 Å². The first-order valence-electron chi connectivity index (χ1n) is 5.89. The third kappa shape index (κ3) is 3.56. The monoisotopic (exact) mass is 251 g/mol. The second-order valence-corrected chi connectivity index (χ2v) is 5.20. The summed E-state index contributed by atoms with van der Waals surface area (Å²) >= 11 is 1.41. The van der Waals surface area contributed by atoms with Gasteiger partial charge >= 0.3 is 6.03 Å². The minimum absolute atomic E-state index is 0.225. The van der Waals surface area contributed by atoms with E-state index in [0.717, 1.165) is 0 Å². The predicted molar refractivity (Wildman–Crippen MR) is 70.0 cm³/mol. The Kier molecular flexibility index (Phi) is 4.14. The highest BCUT2D eigenvalue weighted by molar-refractivity contribution is 7.13. The van der Waals surface area contributed by atoms with Crippen LogP contribution in [0.25, 0.3) is 0 Å². The minimum Gasteiger partial charge on any atom is -0.314 e. The van der Waals surface area contributed by atoms with Crippen LogP contribution in [0.15, 0.2) is 23.3 Å². The van der Waals surface area contributed by atoms with E-state index in [0.29, 0.717) is 11.0 Å². The summed E-state index contributed by atoms with van der Waals surface area (Å²) in [6, 6.07) is -0.225. The first-order chi connectivity index (χ1) is 8.25. The molecule has 1 aromatic heterocycles. The van der Waals surface area contributed by atoms with Gasteiger partial charge in [-0.1, -0.05) is 18.4 Å². The minimum atomic E-state index is -0.225. The Labute approximate surface area is 105 Å². The summed E-state index contributed by atoms with van der Waals surface area (Å²) in [7, 11) is 0. The van der Waals surface area contributed by atoms with Crippen molar-refractivity contribution < 1.29 is 4.79 Å². The van der Waals surface area contributed by atoms with E-state index in [2.05, 4.69) is 22.5 Å². The fraction of sp³-hybridized carbons (Fsp3) is 0.500. The number of rotatable bonds is 3. The van der Waals surface area contributed by atoms with Crippen LogP contribution in [0.5, 0.6) is 0 Å². The number of thiazole rings is 1. The van der Waals surface area contributed by atoms with Crippen molar-refractivity contribution in [1.29, 1.82) is 0 Å². The maximum atomic E-state index is 11.5. The molecule has 1 aliphatic rings. The summed E-state index contributed by atoms with van der Waals surface area (Å²) in [4.78, 5) is 15.5. The van der Waals surface area contributed by atoms with Gasteiger partial charge < -0.3 is 5.32 Å². The summed E-state index contributed by atoms with van der Waals surface area (Å²) in [6.45, 7) is 2.08. The average Bonchev–Trinajstić information content (AvgIpc) is 2.97. The van der Waals surface area contributed by atoms with Crippen LogP contribution in [0.3, 0.4) is 0 Å². The summed E-state index contributed by atoms with van der Waals surface area (Å²) in [5.74, 6) is 0.648. The van der Waals surface area contributed by atoms with Crippen molar-refractivity contribution in [1.82, 2.24) is 10.3 Å². The van der Waals surface area contributed by atoms with Gasteiger partial charge in [-0.2, -0.15) is 0 Å². The zero-order chi connectivity index (χ0) is 12.1. The van der Waals surface area contributed by atoms with Crippen molar-refractivity contribution in [3.63, 3.8) is 0 Å². The maximum Gasteiger partial charge on any atom is 0.325 e. The highest BCUT2D eigenvalue weighted by Crippen LogP contribution is 2.30. The summed E-state index contributed by atoms with van der Waals surface area (Å²) < 4.78 is 0. The van der Waals surface area contributed by atoms with Gasteiger partial charge in [0, 0.05) is 17.8 Å². The van der Waals surface area contributed by atoms with Crippen molar-refractivity contribution >= 4 is 22.5 Å². The third-order valence-electron chi connectivity index (χ3n) is 3.08. The lowest BCUT2D eigenvalue weighted by Crippen LogP contribution is -2.24. The molecule has 5 heteroatoms. The maximum absolute atomic E-state index is 11.5. The number of carbonyl (C=O) groups excluding carboxylic acids is 1. The molecular formula is C12H17N3OS. The topological polar surface area (TPSA) is 54.0 Å². The predicted octanol–water partition coefficient (Wildman–Crippen LogP) is 3.36. The highest BCUT2D eigenvalue weighted by atomic mass is 32.1. The van der Waals surface area contributed by atoms with Gasteiger partial charge in [-0.3, -0.25) is 5.32 Å². The van der Waals surface area contributed by atoms with Crippen LogP contribution in [-0.2, 0) is 0 Å². The summed E-state index contributed by atoms with van der Waals surface area (Å²) in [5.41, 5.74) is 1.26. The molecule has 1 aromatic rings. The number of nitrogens with one attached hydrogen (secondary N) is 2. The second-order valence-electron chi connectivity index (χ2n) is 4.31. The quantitative estimate of drug-likeness (QED) is 0.865. The number of hydrogen-bond acceptors (Lipinski definition) is 3. The largest absolute Gasteiger partial charge is 0.325 e. The molecule has 1 heterocycles. The summed E-state index contributed by atoms with van der Waals surface area (Å²) in [6.07, 6.45) is 8.59. The van der Waals surface area contributed by atoms with Gasteiger partial charge in [0.15, 0.2) is 5.13 Å². The average molecular weight is 251 g/mol. The number of allylic oxidation sites excluding steroid dienone is 1. The number of urea groups is 1. The Morgan fingerprint density at radius 3 is 2.94 bits per heavy atom. The number of hydrogen-bond donors (Lipinski definition) is 2. The molecule has 0 unspecified atom stereocenters. The molecule has 1 fully saturated rings. The van der Waals surface area contributed by atoms with E-state index < -0.39 is 0 Å². The molecular weight excluding hydrogens is 234 g/mol. The molecule has 0 radical (unpaired) electrons. The van der Waals surface area contributed by atoms with E-state index in [1.54, 1.807) is 6.20 Å². The van der Waals surface area contributed by atoms with E-state index >= 15 is 0 Å². The van der Waals surface area contributed by atoms with Crippen LogP contribution in [0.2, 0.25) is 0 Å². The smallest absolute Gasteiger partial charge is 0.314 e. The number of nitrogens with zero attached hydrogens (tertiary/aromatic N) is 1. The standard InChI is InChI=1S/C12H17N3OS/c1-9(10-4-2-3-5-10)8-14-11(16)15-12-13-6-7-17-12/h6-8,10H,2-5H2,1H3,(H2,13,14,15,16)/b9-8+. The van der Waals surface area contributed by atoms with Crippen molar-refractivity contribution in [3.05, 3.63) is 23.3 Å². The molecule has 1 aliphatic carbocycles. The fourth-order valence-electron chi connectivity index (χ4n) is 2.10. The van der Waals surface area contributed by atoms with Gasteiger partial charge in [0.1, 0.15) is 0 Å². The third-order valence-corrected chi connectivity index (χ3v) is 3.77. The molecule has 0 bridgehead atoms. The van der Waals surface area contributed by atoms with Crippen LogP contribution < -0.4 is 10.6 Å². The molecule has 2 rings (SSSR count). The van der Waals surface area contributed by atoms with Gasteiger partial charge in [-0.25, -0.2) is 9.78 Å². The first-order valence-corrected chi connectivity index (χ1v) is 6.77. The van der Waals surface area contributed by atoms with Crippen LogP contribution in [0, 0.1) is 5.92 Å². The van der Waals surface area contributed by atoms with E-state index in [9.17, 15) is 4.79 Å². The van der Waals surface area contributed by atoms with Crippen molar-refractivity contribution in [2.45, 2.75) is 32.6 Å². The lowest BCUT2D eigenvalue weighted by Gasteiger charge is -2.09. The number of amides is 2. The molecule has 2 N–H and O–H groups in total. The Balaban J connectivity index is 1.80. The fourth-order valence-corrected chi connectivity index (χ4v) is 2.62. The molecule has 0 aliphatic heterocycles. The Morgan fingerprint density at radius 2 is 2.29 bits per heavy atom. The van der Waals surface area contributed by atoms with Crippen LogP contribution in [0.1, 0.15) is 32.6 Å². The summed E-state index contributed by atoms with van der Waals surface area (Å²) in [5, 5.41) is 7.88. The van der Waals surface area contributed by atoms with Gasteiger partial charge in [-0.05, 0) is 25.7 Å². The van der Waals surface area contributed by atoms with Crippen molar-refractivity contribution in [2.75, 3.05) is 5.32 Å². The van der Waals surface area contributed by atoms with E-state index in [1.165, 1.54) is 42.6 Å². The van der Waals surface area contributed by atoms with E-state index in [-0.39, 0.29) is 6.03 Å². The van der Waals surface area contributed by atoms with E-state index in [4.69, 9.17) is 0 Å². The molecule has 1 saturated carbocycles. The SMILES string of the molecule is C/C(=C\NC(=O)Nc1nccs1)C1CCCC1. The highest BCUT2D eigenvalue weighted by Gasteiger charge is 2.16. The van der Waals surface area contributed by atoms with Gasteiger partial charge in [0.2, 0.25) is 0 Å². The molecule has 92 valence electrons. The Bertz CT molecular complexity index is 394. The van der Waals surface area contributed by atoms with E-state index in [1.807, 2.05) is 11.6 Å². The van der Waals surface area contributed by atoms with Crippen molar-refractivity contribution in [2.24, 2.45) is 5.92 Å². The second kappa shape index (κ2) is 5.82. The molecule has 0 aromatic carbocycles. The number of carbonyl (C=O) groups is 1. The first kappa shape index (κ1) is 12.1. The molecule has 0 saturated heterocycles. The van der Waals surface area contributed by atoms with Gasteiger partial charge in [-0.15, -0.1) is 11.3 Å². The zero-order valence-corrected chi connectivity index (χ0v) is 10.7. The number of aromatic nitrogens is 1. The molecule has 17 heavy (non-hydrogen) atoms. The lowest BCUT2D eigenvalue weighted by molar-refractivity contribution is 0.255. The lowest BCUT2D eigenvalue weighted by atomic mass is 10.0. The molecule has 2 amide bonds. The zero-order valence-electron chi connectivity index (χ0n) is 9.90. The van der Waals surface area contributed by atoms with Gasteiger partial charge in [0.25, 0.3) is 0 Å².